The van der Waals surface area contributed by atoms with E-state index < -0.39 is 0 Å². The summed E-state index contributed by atoms with van der Waals surface area (Å²) in [4.78, 5) is 0. The minimum absolute atomic E-state index is 0.145. The van der Waals surface area contributed by atoms with Gasteiger partial charge in [-0.3, -0.25) is 0 Å². The molecular weight excluding hydrogens is 285 g/mol. The Morgan fingerprint density at radius 3 is 2.30 bits per heavy atom. The first-order valence-corrected chi connectivity index (χ1v) is 9.07. The zero-order valence-corrected chi connectivity index (χ0v) is 14.0. The van der Waals surface area contributed by atoms with Crippen LogP contribution in [-0.4, -0.2) is 0 Å². The Labute approximate surface area is 140 Å². The van der Waals surface area contributed by atoms with Gasteiger partial charge in [0.2, 0.25) is 0 Å². The number of rotatable bonds is 8. The number of nitrogens with zero attached hydrogens (tertiary/aromatic N) is 1. The fraction of sp³-hybridized carbons (Fsp3) is 0.571. The molecule has 124 valence electrons. The maximum absolute atomic E-state index is 12.8. The molecule has 1 aromatic carbocycles. The van der Waals surface area contributed by atoms with Crippen molar-refractivity contribution in [3.8, 4) is 6.07 Å². The lowest BCUT2D eigenvalue weighted by molar-refractivity contribution is 0.250. The fourth-order valence-electron chi connectivity index (χ4n) is 3.69. The Morgan fingerprint density at radius 2 is 1.65 bits per heavy atom. The first kappa shape index (κ1) is 17.7. The zero-order valence-electron chi connectivity index (χ0n) is 14.0. The molecule has 0 saturated heterocycles. The average Bonchev–Trinajstić information content (AvgIpc) is 2.58. The number of hydrogen-bond acceptors (Lipinski definition) is 1. The summed E-state index contributed by atoms with van der Waals surface area (Å²) in [6, 6.07) is 8.98. The number of aryl methyl sites for hydroxylation is 1. The second-order valence-corrected chi connectivity index (χ2v) is 6.87. The SMILES string of the molecule is N#CC=CCCC1CCC(CCCCc2ccc(F)cc2)CC1. The smallest absolute Gasteiger partial charge is 0.123 e. The van der Waals surface area contributed by atoms with Crippen molar-refractivity contribution in [2.24, 2.45) is 11.8 Å². The number of unbranched alkanes of at least 4 members (excludes halogenated alkanes) is 1. The predicted molar refractivity (Wildman–Crippen MR) is 93.4 cm³/mol. The molecule has 1 aliphatic carbocycles. The molecule has 1 saturated carbocycles. The van der Waals surface area contributed by atoms with Gasteiger partial charge in [0, 0.05) is 6.08 Å². The molecule has 0 unspecified atom stereocenters. The van der Waals surface area contributed by atoms with E-state index in [-0.39, 0.29) is 5.82 Å². The van der Waals surface area contributed by atoms with Crippen LogP contribution in [0, 0.1) is 29.0 Å². The Hall–Kier alpha value is -1.62. The van der Waals surface area contributed by atoms with Gasteiger partial charge in [-0.05, 0) is 55.2 Å². The van der Waals surface area contributed by atoms with Gasteiger partial charge < -0.3 is 0 Å². The van der Waals surface area contributed by atoms with Crippen LogP contribution in [0.5, 0.6) is 0 Å². The fourth-order valence-corrected chi connectivity index (χ4v) is 3.69. The summed E-state index contributed by atoms with van der Waals surface area (Å²) in [6.07, 6.45) is 16.3. The summed E-state index contributed by atoms with van der Waals surface area (Å²) in [7, 11) is 0. The van der Waals surface area contributed by atoms with Gasteiger partial charge >= 0.3 is 0 Å². The molecule has 2 rings (SSSR count). The molecule has 2 heteroatoms. The first-order valence-electron chi connectivity index (χ1n) is 9.07. The van der Waals surface area contributed by atoms with Crippen molar-refractivity contribution in [3.05, 3.63) is 47.8 Å². The lowest BCUT2D eigenvalue weighted by Crippen LogP contribution is -2.14. The minimum Gasteiger partial charge on any atom is -0.207 e. The normalized spacial score (nSPS) is 21.4. The first-order chi connectivity index (χ1) is 11.3. The van der Waals surface area contributed by atoms with E-state index in [9.17, 15) is 4.39 Å². The summed E-state index contributed by atoms with van der Waals surface area (Å²) < 4.78 is 12.8. The monoisotopic (exact) mass is 313 g/mol. The van der Waals surface area contributed by atoms with E-state index in [0.717, 1.165) is 24.7 Å². The molecule has 1 aliphatic rings. The van der Waals surface area contributed by atoms with Crippen LogP contribution in [0.3, 0.4) is 0 Å². The van der Waals surface area contributed by atoms with Gasteiger partial charge in [-0.1, -0.05) is 56.7 Å². The molecule has 0 radical (unpaired) electrons. The van der Waals surface area contributed by atoms with Gasteiger partial charge in [0.15, 0.2) is 0 Å². The molecule has 0 aliphatic heterocycles. The van der Waals surface area contributed by atoms with Crippen molar-refractivity contribution in [1.29, 1.82) is 5.26 Å². The Morgan fingerprint density at radius 1 is 1.00 bits per heavy atom. The highest BCUT2D eigenvalue weighted by molar-refractivity contribution is 5.15. The molecule has 0 amide bonds. The standard InChI is InChI=1S/C21H28FN/c22-21-15-13-20(14-16-21)8-4-3-7-19-11-9-18(10-12-19)6-2-1-5-17-23/h1,5,13-16,18-19H,2-4,6-12H2. The van der Waals surface area contributed by atoms with Gasteiger partial charge in [-0.25, -0.2) is 4.39 Å². The zero-order chi connectivity index (χ0) is 16.3. The van der Waals surface area contributed by atoms with E-state index in [1.54, 1.807) is 18.2 Å². The van der Waals surface area contributed by atoms with Gasteiger partial charge in [0.05, 0.1) is 6.07 Å². The largest absolute Gasteiger partial charge is 0.207 e. The van der Waals surface area contributed by atoms with Crippen LogP contribution in [0.2, 0.25) is 0 Å². The van der Waals surface area contributed by atoms with Crippen molar-refractivity contribution in [2.45, 2.75) is 64.2 Å². The predicted octanol–water partition coefficient (Wildman–Crippen LogP) is 6.20. The number of hydrogen-bond donors (Lipinski definition) is 0. The lowest BCUT2D eigenvalue weighted by Gasteiger charge is -2.28. The van der Waals surface area contributed by atoms with E-state index in [4.69, 9.17) is 5.26 Å². The number of allylic oxidation sites excluding steroid dienone is 2. The second kappa shape index (κ2) is 10.2. The molecule has 0 aromatic heterocycles. The van der Waals surface area contributed by atoms with Crippen LogP contribution in [-0.2, 0) is 6.42 Å². The molecule has 1 aromatic rings. The van der Waals surface area contributed by atoms with E-state index in [2.05, 4.69) is 6.07 Å². The molecule has 23 heavy (non-hydrogen) atoms. The van der Waals surface area contributed by atoms with Gasteiger partial charge in [0.25, 0.3) is 0 Å². The summed E-state index contributed by atoms with van der Waals surface area (Å²) in [5, 5.41) is 8.47. The van der Waals surface area contributed by atoms with Crippen molar-refractivity contribution in [1.82, 2.24) is 0 Å². The van der Waals surface area contributed by atoms with E-state index >= 15 is 0 Å². The van der Waals surface area contributed by atoms with Gasteiger partial charge in [-0.15, -0.1) is 0 Å². The van der Waals surface area contributed by atoms with Crippen molar-refractivity contribution in [2.75, 3.05) is 0 Å². The van der Waals surface area contributed by atoms with Crippen LogP contribution in [0.25, 0.3) is 0 Å². The third-order valence-corrected chi connectivity index (χ3v) is 5.14. The highest BCUT2D eigenvalue weighted by atomic mass is 19.1. The average molecular weight is 313 g/mol. The third kappa shape index (κ3) is 6.99. The molecular formula is C21H28FN. The minimum atomic E-state index is -0.145. The van der Waals surface area contributed by atoms with Crippen molar-refractivity contribution >= 4 is 0 Å². The lowest BCUT2D eigenvalue weighted by atomic mass is 9.78. The maximum Gasteiger partial charge on any atom is 0.123 e. The summed E-state index contributed by atoms with van der Waals surface area (Å²) in [6.45, 7) is 0. The van der Waals surface area contributed by atoms with Crippen LogP contribution in [0.4, 0.5) is 4.39 Å². The summed E-state index contributed by atoms with van der Waals surface area (Å²) in [5.41, 5.74) is 1.25. The topological polar surface area (TPSA) is 23.8 Å². The molecule has 0 heterocycles. The Bertz CT molecular complexity index is 504. The quantitative estimate of drug-likeness (QED) is 0.414. The Balaban J connectivity index is 1.53. The second-order valence-electron chi connectivity index (χ2n) is 6.87. The van der Waals surface area contributed by atoms with Crippen LogP contribution >= 0.6 is 0 Å². The third-order valence-electron chi connectivity index (χ3n) is 5.14. The Kier molecular flexibility index (Phi) is 7.87. The summed E-state index contributed by atoms with van der Waals surface area (Å²) >= 11 is 0. The number of nitriles is 1. The molecule has 0 N–H and O–H groups in total. The maximum atomic E-state index is 12.8. The molecule has 0 atom stereocenters. The highest BCUT2D eigenvalue weighted by Crippen LogP contribution is 2.34. The van der Waals surface area contributed by atoms with E-state index in [1.807, 2.05) is 18.2 Å². The van der Waals surface area contributed by atoms with Crippen LogP contribution < -0.4 is 0 Å². The van der Waals surface area contributed by atoms with Gasteiger partial charge in [0.1, 0.15) is 5.82 Å². The summed E-state index contributed by atoms with van der Waals surface area (Å²) in [5.74, 6) is 1.64. The number of benzene rings is 1. The van der Waals surface area contributed by atoms with Gasteiger partial charge in [-0.2, -0.15) is 5.26 Å². The molecule has 1 fully saturated rings. The van der Waals surface area contributed by atoms with Crippen LogP contribution in [0.15, 0.2) is 36.4 Å². The van der Waals surface area contributed by atoms with E-state index in [0.29, 0.717) is 0 Å². The molecule has 0 bridgehead atoms. The van der Waals surface area contributed by atoms with Crippen LogP contribution in [0.1, 0.15) is 63.4 Å². The van der Waals surface area contributed by atoms with Crippen molar-refractivity contribution < 1.29 is 4.39 Å². The molecule has 0 spiro atoms. The van der Waals surface area contributed by atoms with Crippen molar-refractivity contribution in [3.63, 3.8) is 0 Å². The molecule has 1 nitrogen and oxygen atoms in total. The van der Waals surface area contributed by atoms with E-state index in [1.165, 1.54) is 56.9 Å². The highest BCUT2D eigenvalue weighted by Gasteiger charge is 2.20. The number of halogens is 1.